The zero-order chi connectivity index (χ0) is 18.8. The number of hydroxylamine groups is 2. The van der Waals surface area contributed by atoms with E-state index in [0.29, 0.717) is 29.7 Å². The Morgan fingerprint density at radius 1 is 1.36 bits per heavy atom. The van der Waals surface area contributed by atoms with Gasteiger partial charge in [0.1, 0.15) is 0 Å². The quantitative estimate of drug-likeness (QED) is 0.637. The summed E-state index contributed by atoms with van der Waals surface area (Å²) in [6.07, 6.45) is 3.90. The van der Waals surface area contributed by atoms with Gasteiger partial charge in [-0.1, -0.05) is 11.6 Å². The number of allylic oxidation sites excluding steroid dienone is 1. The number of aromatic nitrogens is 1. The van der Waals surface area contributed by atoms with Gasteiger partial charge >= 0.3 is 0 Å². The van der Waals surface area contributed by atoms with Crippen LogP contribution in [0, 0.1) is 0 Å². The second-order valence-electron chi connectivity index (χ2n) is 5.38. The fourth-order valence-corrected chi connectivity index (χ4v) is 2.39. The Hall–Kier alpha value is -2.73. The van der Waals surface area contributed by atoms with Gasteiger partial charge in [0.05, 0.1) is 5.70 Å². The summed E-state index contributed by atoms with van der Waals surface area (Å²) in [5.41, 5.74) is 3.39. The number of carbonyl (C=O) groups is 1. The van der Waals surface area contributed by atoms with Crippen LogP contribution >= 0.6 is 0 Å². The van der Waals surface area contributed by atoms with Gasteiger partial charge in [0.2, 0.25) is 0 Å². The van der Waals surface area contributed by atoms with E-state index in [9.17, 15) is 10.0 Å². The Morgan fingerprint density at radius 2 is 2.08 bits per heavy atom. The molecule has 1 amide bonds. The summed E-state index contributed by atoms with van der Waals surface area (Å²) in [5, 5.41) is 13.8. The van der Waals surface area contributed by atoms with Crippen molar-refractivity contribution in [1.29, 1.82) is 0 Å². The largest absolute Gasteiger partial charge is 0.384 e. The molecule has 0 bridgehead atoms. The van der Waals surface area contributed by atoms with Gasteiger partial charge in [-0.3, -0.25) is 20.0 Å². The fourth-order valence-electron chi connectivity index (χ4n) is 2.39. The lowest BCUT2D eigenvalue weighted by Gasteiger charge is -2.27. The van der Waals surface area contributed by atoms with Gasteiger partial charge in [-0.05, 0) is 32.9 Å². The summed E-state index contributed by atoms with van der Waals surface area (Å²) in [5.74, 6) is -0.206. The maximum absolute atomic E-state index is 11.9. The lowest BCUT2D eigenvalue weighted by molar-refractivity contribution is -0.143. The Labute approximate surface area is 149 Å². The summed E-state index contributed by atoms with van der Waals surface area (Å²) in [6.45, 7) is 12.8. The molecule has 1 aromatic heterocycles. The summed E-state index contributed by atoms with van der Waals surface area (Å²) < 4.78 is 0. The number of amides is 1. The zero-order valence-corrected chi connectivity index (χ0v) is 15.1. The summed E-state index contributed by atoms with van der Waals surface area (Å²) in [7, 11) is 0. The van der Waals surface area contributed by atoms with Gasteiger partial charge in [0.15, 0.2) is 5.84 Å². The highest BCUT2D eigenvalue weighted by Crippen LogP contribution is 2.21. The van der Waals surface area contributed by atoms with E-state index in [0.717, 1.165) is 23.3 Å². The minimum Gasteiger partial charge on any atom is -0.384 e. The zero-order valence-electron chi connectivity index (χ0n) is 15.1. The molecule has 0 aliphatic carbocycles. The molecule has 2 heterocycles. The molecule has 1 aliphatic rings. The maximum Gasteiger partial charge on any atom is 0.278 e. The average Bonchev–Trinajstić information content (AvgIpc) is 2.62. The van der Waals surface area contributed by atoms with Gasteiger partial charge in [-0.25, -0.2) is 0 Å². The number of nitrogens with one attached hydrogen (secondary N) is 1. The molecular weight excluding hydrogens is 316 g/mol. The van der Waals surface area contributed by atoms with Gasteiger partial charge < -0.3 is 5.32 Å². The van der Waals surface area contributed by atoms with Crippen LogP contribution in [0.4, 0.5) is 0 Å². The SMILES string of the molecule is C=C.CCN=C1C(=C(C)C)C(NCCc2ccccn2)=CC(=O)N1O. The van der Waals surface area contributed by atoms with Gasteiger partial charge in [-0.2, -0.15) is 5.06 Å². The Bertz CT molecular complexity index is 674. The van der Waals surface area contributed by atoms with Crippen LogP contribution in [0.15, 0.2) is 65.5 Å². The molecule has 1 aromatic rings. The molecule has 6 heteroatoms. The molecule has 0 saturated heterocycles. The summed E-state index contributed by atoms with van der Waals surface area (Å²) in [6, 6.07) is 5.79. The smallest absolute Gasteiger partial charge is 0.278 e. The first kappa shape index (κ1) is 20.3. The molecule has 2 rings (SSSR count). The number of hydrogen-bond acceptors (Lipinski definition) is 5. The maximum atomic E-state index is 11.9. The monoisotopic (exact) mass is 342 g/mol. The molecule has 0 saturated carbocycles. The third kappa shape index (κ3) is 5.39. The predicted octanol–water partition coefficient (Wildman–Crippen LogP) is 2.89. The van der Waals surface area contributed by atoms with Gasteiger partial charge in [0, 0.05) is 43.1 Å². The van der Waals surface area contributed by atoms with Crippen molar-refractivity contribution in [1.82, 2.24) is 15.4 Å². The molecule has 0 unspecified atom stereocenters. The van der Waals surface area contributed by atoms with Crippen molar-refractivity contribution in [3.05, 3.63) is 66.2 Å². The number of rotatable bonds is 5. The number of nitrogens with zero attached hydrogens (tertiary/aromatic N) is 3. The highest BCUT2D eigenvalue weighted by molar-refractivity contribution is 6.15. The molecular formula is C19H26N4O2. The van der Waals surface area contributed by atoms with Crippen LogP contribution in [0.5, 0.6) is 0 Å². The number of pyridine rings is 1. The van der Waals surface area contributed by atoms with Crippen LogP contribution in [0.2, 0.25) is 0 Å². The van der Waals surface area contributed by atoms with E-state index in [2.05, 4.69) is 28.5 Å². The Morgan fingerprint density at radius 3 is 2.64 bits per heavy atom. The fraction of sp³-hybridized carbons (Fsp3) is 0.316. The highest BCUT2D eigenvalue weighted by Gasteiger charge is 2.28. The summed E-state index contributed by atoms with van der Waals surface area (Å²) in [4.78, 5) is 20.5. The molecule has 0 radical (unpaired) electrons. The van der Waals surface area contributed by atoms with Crippen molar-refractivity contribution in [2.75, 3.05) is 13.1 Å². The first-order chi connectivity index (χ1) is 12.0. The van der Waals surface area contributed by atoms with E-state index >= 15 is 0 Å². The first-order valence-electron chi connectivity index (χ1n) is 8.15. The van der Waals surface area contributed by atoms with Crippen molar-refractivity contribution in [2.45, 2.75) is 27.2 Å². The molecule has 0 atom stereocenters. The van der Waals surface area contributed by atoms with Crippen molar-refractivity contribution in [3.8, 4) is 0 Å². The van der Waals surface area contributed by atoms with E-state index in [1.54, 1.807) is 6.20 Å². The van der Waals surface area contributed by atoms with E-state index in [1.807, 2.05) is 39.0 Å². The molecule has 134 valence electrons. The third-order valence-electron chi connectivity index (χ3n) is 3.40. The molecule has 2 N–H and O–H groups in total. The van der Waals surface area contributed by atoms with Crippen LogP contribution in [0.1, 0.15) is 26.5 Å². The number of amidine groups is 1. The minimum atomic E-state index is -0.498. The summed E-state index contributed by atoms with van der Waals surface area (Å²) >= 11 is 0. The Balaban J connectivity index is 0.00000151. The molecule has 0 aromatic carbocycles. The van der Waals surface area contributed by atoms with Crippen molar-refractivity contribution >= 4 is 11.7 Å². The van der Waals surface area contributed by atoms with E-state index in [-0.39, 0.29) is 0 Å². The average molecular weight is 342 g/mol. The molecule has 1 aliphatic heterocycles. The van der Waals surface area contributed by atoms with Crippen LogP contribution in [-0.4, -0.2) is 40.1 Å². The van der Waals surface area contributed by atoms with E-state index in [4.69, 9.17) is 0 Å². The lowest BCUT2D eigenvalue weighted by Crippen LogP contribution is -2.41. The molecule has 0 fully saturated rings. The van der Waals surface area contributed by atoms with E-state index in [1.165, 1.54) is 6.08 Å². The molecule has 6 nitrogen and oxygen atoms in total. The van der Waals surface area contributed by atoms with Crippen molar-refractivity contribution in [2.24, 2.45) is 4.99 Å². The van der Waals surface area contributed by atoms with Crippen LogP contribution in [0.3, 0.4) is 0 Å². The van der Waals surface area contributed by atoms with Crippen LogP contribution in [0.25, 0.3) is 0 Å². The van der Waals surface area contributed by atoms with Gasteiger partial charge in [0.25, 0.3) is 5.91 Å². The number of aliphatic imine (C=N–C) groups is 1. The van der Waals surface area contributed by atoms with Crippen molar-refractivity contribution < 1.29 is 10.0 Å². The third-order valence-corrected chi connectivity index (χ3v) is 3.40. The first-order valence-corrected chi connectivity index (χ1v) is 8.15. The topological polar surface area (TPSA) is 77.8 Å². The standard InChI is InChI=1S/C17H22N4O2.C2H4/c1-4-18-17-16(12(2)3)14(11-15(22)21(17)23)20-10-8-13-7-5-6-9-19-13;1-2/h5-7,9,11,20,23H,4,8,10H2,1-3H3;1-2H2. The minimum absolute atomic E-state index is 0.292. The van der Waals surface area contributed by atoms with Crippen molar-refractivity contribution in [3.63, 3.8) is 0 Å². The predicted molar refractivity (Wildman–Crippen MR) is 100 cm³/mol. The molecule has 0 spiro atoms. The van der Waals surface area contributed by atoms with Crippen LogP contribution < -0.4 is 5.32 Å². The normalized spacial score (nSPS) is 15.4. The second kappa shape index (κ2) is 10.2. The second-order valence-corrected chi connectivity index (χ2v) is 5.38. The number of hydrogen-bond donors (Lipinski definition) is 2. The van der Waals surface area contributed by atoms with Gasteiger partial charge in [-0.15, -0.1) is 13.2 Å². The van der Waals surface area contributed by atoms with Crippen LogP contribution in [-0.2, 0) is 11.2 Å². The van der Waals surface area contributed by atoms with E-state index < -0.39 is 5.91 Å². The lowest BCUT2D eigenvalue weighted by atomic mass is 10.0. The number of carbonyl (C=O) groups excluding carboxylic acids is 1. The highest BCUT2D eigenvalue weighted by atomic mass is 16.5. The molecule has 25 heavy (non-hydrogen) atoms. The Kier molecular flexibility index (Phi) is 8.29.